The Hall–Kier alpha value is -0.800. The molecular formula is C11H20N2O. The molecule has 0 fully saturated rings. The van der Waals surface area contributed by atoms with Crippen molar-refractivity contribution < 1.29 is 5.11 Å². The molecular weight excluding hydrogens is 176 g/mol. The molecule has 1 heterocycles. The van der Waals surface area contributed by atoms with Gasteiger partial charge >= 0.3 is 0 Å². The summed E-state index contributed by atoms with van der Waals surface area (Å²) in [6.07, 6.45) is 6.20. The van der Waals surface area contributed by atoms with Gasteiger partial charge in [0.25, 0.3) is 0 Å². The maximum Gasteiger partial charge on any atom is 0.0431 e. The van der Waals surface area contributed by atoms with E-state index in [0.29, 0.717) is 6.61 Å². The number of nitrogens with one attached hydrogen (secondary N) is 1. The van der Waals surface area contributed by atoms with E-state index in [1.807, 2.05) is 0 Å². The van der Waals surface area contributed by atoms with Gasteiger partial charge in [-0.1, -0.05) is 6.92 Å². The highest BCUT2D eigenvalue weighted by Crippen LogP contribution is 2.02. The molecule has 14 heavy (non-hydrogen) atoms. The molecule has 0 unspecified atom stereocenters. The van der Waals surface area contributed by atoms with E-state index < -0.39 is 0 Å². The van der Waals surface area contributed by atoms with Crippen molar-refractivity contribution in [3.8, 4) is 0 Å². The second kappa shape index (κ2) is 6.62. The van der Waals surface area contributed by atoms with Crippen LogP contribution in [0.5, 0.6) is 0 Å². The molecule has 0 aliphatic rings. The van der Waals surface area contributed by atoms with Gasteiger partial charge in [0.1, 0.15) is 0 Å². The number of aromatic nitrogens is 1. The first-order valence-corrected chi connectivity index (χ1v) is 5.33. The summed E-state index contributed by atoms with van der Waals surface area (Å²) in [5, 5.41) is 11.9. The third kappa shape index (κ3) is 3.94. The Morgan fingerprint density at radius 3 is 3.00 bits per heavy atom. The molecule has 1 aromatic rings. The average Bonchev–Trinajstić information content (AvgIpc) is 2.63. The number of unbranched alkanes of at least 4 members (excludes halogenated alkanes) is 1. The first-order valence-electron chi connectivity index (χ1n) is 5.33. The summed E-state index contributed by atoms with van der Waals surface area (Å²) >= 11 is 0. The van der Waals surface area contributed by atoms with Gasteiger partial charge in [-0.25, -0.2) is 0 Å². The third-order valence-electron chi connectivity index (χ3n) is 2.22. The minimum atomic E-state index is 0.297. The number of aliphatic hydroxyl groups is 1. The molecule has 0 saturated heterocycles. The SMILES string of the molecule is CCNCc1ccn(CCCCO)c1. The Bertz CT molecular complexity index is 245. The van der Waals surface area contributed by atoms with Gasteiger partial charge in [0.2, 0.25) is 0 Å². The van der Waals surface area contributed by atoms with E-state index in [-0.39, 0.29) is 0 Å². The van der Waals surface area contributed by atoms with Crippen molar-refractivity contribution in [3.05, 3.63) is 24.0 Å². The molecule has 2 N–H and O–H groups in total. The fourth-order valence-corrected chi connectivity index (χ4v) is 1.41. The fraction of sp³-hybridized carbons (Fsp3) is 0.636. The number of aliphatic hydroxyl groups excluding tert-OH is 1. The molecule has 0 aromatic carbocycles. The van der Waals surface area contributed by atoms with E-state index in [9.17, 15) is 0 Å². The Morgan fingerprint density at radius 1 is 1.43 bits per heavy atom. The first-order chi connectivity index (χ1) is 6.86. The van der Waals surface area contributed by atoms with Gasteiger partial charge in [-0.2, -0.15) is 0 Å². The van der Waals surface area contributed by atoms with Crippen LogP contribution in [0.3, 0.4) is 0 Å². The molecule has 0 atom stereocenters. The summed E-state index contributed by atoms with van der Waals surface area (Å²) in [5.74, 6) is 0. The minimum absolute atomic E-state index is 0.297. The number of aryl methyl sites for hydroxylation is 1. The molecule has 0 spiro atoms. The van der Waals surface area contributed by atoms with Crippen molar-refractivity contribution in [3.63, 3.8) is 0 Å². The zero-order chi connectivity index (χ0) is 10.2. The molecule has 3 heteroatoms. The largest absolute Gasteiger partial charge is 0.396 e. The minimum Gasteiger partial charge on any atom is -0.396 e. The van der Waals surface area contributed by atoms with E-state index in [1.54, 1.807) is 0 Å². The van der Waals surface area contributed by atoms with Crippen LogP contribution < -0.4 is 5.32 Å². The molecule has 0 amide bonds. The summed E-state index contributed by atoms with van der Waals surface area (Å²) in [4.78, 5) is 0. The van der Waals surface area contributed by atoms with Gasteiger partial charge in [0, 0.05) is 32.1 Å². The lowest BCUT2D eigenvalue weighted by atomic mass is 10.3. The van der Waals surface area contributed by atoms with Crippen LogP contribution in [0.1, 0.15) is 25.3 Å². The van der Waals surface area contributed by atoms with Gasteiger partial charge in [-0.05, 0) is 31.0 Å². The molecule has 80 valence electrons. The molecule has 0 aliphatic carbocycles. The molecule has 0 radical (unpaired) electrons. The topological polar surface area (TPSA) is 37.2 Å². The summed E-state index contributed by atoms with van der Waals surface area (Å²) in [7, 11) is 0. The highest BCUT2D eigenvalue weighted by molar-refractivity contribution is 5.09. The predicted molar refractivity (Wildman–Crippen MR) is 58.1 cm³/mol. The van der Waals surface area contributed by atoms with Crippen LogP contribution in [0.2, 0.25) is 0 Å². The Labute approximate surface area is 85.7 Å². The number of nitrogens with zero attached hydrogens (tertiary/aromatic N) is 1. The van der Waals surface area contributed by atoms with E-state index in [4.69, 9.17) is 5.11 Å². The molecule has 1 aromatic heterocycles. The molecule has 0 aliphatic heterocycles. The van der Waals surface area contributed by atoms with Crippen molar-refractivity contribution in [2.45, 2.75) is 32.9 Å². The lowest BCUT2D eigenvalue weighted by Crippen LogP contribution is -2.11. The van der Waals surface area contributed by atoms with Crippen LogP contribution in [0, 0.1) is 0 Å². The van der Waals surface area contributed by atoms with Gasteiger partial charge < -0.3 is 15.0 Å². The van der Waals surface area contributed by atoms with Gasteiger partial charge in [-0.3, -0.25) is 0 Å². The lowest BCUT2D eigenvalue weighted by Gasteiger charge is -2.01. The van der Waals surface area contributed by atoms with Gasteiger partial charge in [0.15, 0.2) is 0 Å². The molecule has 0 saturated carbocycles. The maximum atomic E-state index is 8.65. The van der Waals surface area contributed by atoms with Crippen molar-refractivity contribution in [1.29, 1.82) is 0 Å². The average molecular weight is 196 g/mol. The predicted octanol–water partition coefficient (Wildman–Crippen LogP) is 1.37. The number of hydrogen-bond donors (Lipinski definition) is 2. The monoisotopic (exact) mass is 196 g/mol. The summed E-state index contributed by atoms with van der Waals surface area (Å²) in [6, 6.07) is 2.14. The zero-order valence-corrected chi connectivity index (χ0v) is 8.87. The van der Waals surface area contributed by atoms with Crippen LogP contribution in [-0.2, 0) is 13.1 Å². The normalized spacial score (nSPS) is 10.7. The first kappa shape index (κ1) is 11.3. The third-order valence-corrected chi connectivity index (χ3v) is 2.22. The number of rotatable bonds is 7. The summed E-state index contributed by atoms with van der Waals surface area (Å²) in [5.41, 5.74) is 1.33. The van der Waals surface area contributed by atoms with Crippen molar-refractivity contribution in [2.75, 3.05) is 13.2 Å². The van der Waals surface area contributed by atoms with Crippen molar-refractivity contribution in [2.24, 2.45) is 0 Å². The Kier molecular flexibility index (Phi) is 5.33. The van der Waals surface area contributed by atoms with E-state index in [0.717, 1.165) is 32.5 Å². The van der Waals surface area contributed by atoms with E-state index in [2.05, 4.69) is 35.3 Å². The van der Waals surface area contributed by atoms with Crippen LogP contribution in [0.15, 0.2) is 18.5 Å². The van der Waals surface area contributed by atoms with Crippen LogP contribution in [0.4, 0.5) is 0 Å². The maximum absolute atomic E-state index is 8.65. The quantitative estimate of drug-likeness (QED) is 0.646. The zero-order valence-electron chi connectivity index (χ0n) is 8.87. The van der Waals surface area contributed by atoms with Crippen LogP contribution >= 0.6 is 0 Å². The van der Waals surface area contributed by atoms with Crippen LogP contribution in [-0.4, -0.2) is 22.8 Å². The second-order valence-corrected chi connectivity index (χ2v) is 3.47. The van der Waals surface area contributed by atoms with Crippen molar-refractivity contribution >= 4 is 0 Å². The molecule has 1 rings (SSSR count). The smallest absolute Gasteiger partial charge is 0.0431 e. The molecule has 0 bridgehead atoms. The van der Waals surface area contributed by atoms with Crippen molar-refractivity contribution in [1.82, 2.24) is 9.88 Å². The summed E-state index contributed by atoms with van der Waals surface area (Å²) in [6.45, 7) is 5.37. The fourth-order valence-electron chi connectivity index (χ4n) is 1.41. The lowest BCUT2D eigenvalue weighted by molar-refractivity contribution is 0.281. The standard InChI is InChI=1S/C11H20N2O/c1-2-12-9-11-5-7-13(10-11)6-3-4-8-14/h5,7,10,12,14H,2-4,6,8-9H2,1H3. The van der Waals surface area contributed by atoms with Gasteiger partial charge in [0.05, 0.1) is 0 Å². The number of hydrogen-bond acceptors (Lipinski definition) is 2. The summed E-state index contributed by atoms with van der Waals surface area (Å²) < 4.78 is 2.18. The molecule has 3 nitrogen and oxygen atoms in total. The van der Waals surface area contributed by atoms with E-state index in [1.165, 1.54) is 5.56 Å². The van der Waals surface area contributed by atoms with Crippen LogP contribution in [0.25, 0.3) is 0 Å². The highest BCUT2D eigenvalue weighted by atomic mass is 16.2. The second-order valence-electron chi connectivity index (χ2n) is 3.47. The Balaban J connectivity index is 2.27. The Morgan fingerprint density at radius 2 is 2.29 bits per heavy atom. The van der Waals surface area contributed by atoms with E-state index >= 15 is 0 Å². The highest BCUT2D eigenvalue weighted by Gasteiger charge is 1.95. The van der Waals surface area contributed by atoms with Gasteiger partial charge in [-0.15, -0.1) is 0 Å².